The summed E-state index contributed by atoms with van der Waals surface area (Å²) < 4.78 is 12.6. The molecule has 0 atom stereocenters. The summed E-state index contributed by atoms with van der Waals surface area (Å²) >= 11 is 0. The minimum Gasteiger partial charge on any atom is -0.459 e. The molecule has 0 amide bonds. The van der Waals surface area contributed by atoms with Crippen LogP contribution in [0.2, 0.25) is 0 Å². The van der Waals surface area contributed by atoms with E-state index in [9.17, 15) is 0 Å². The van der Waals surface area contributed by atoms with Gasteiger partial charge in [0.15, 0.2) is 11.6 Å². The van der Waals surface area contributed by atoms with Gasteiger partial charge in [0.1, 0.15) is 0 Å². The van der Waals surface area contributed by atoms with Crippen molar-refractivity contribution in [2.24, 2.45) is 7.05 Å². The molecule has 0 fully saturated rings. The van der Waals surface area contributed by atoms with Crippen LogP contribution in [0.15, 0.2) is 33.7 Å². The zero-order valence-corrected chi connectivity index (χ0v) is 11.0. The molecule has 6 nitrogen and oxygen atoms in total. The van der Waals surface area contributed by atoms with Crippen LogP contribution in [0.25, 0.3) is 23.3 Å². The monoisotopic (exact) mass is 258 g/mol. The Balaban J connectivity index is 2.02. The van der Waals surface area contributed by atoms with Crippen LogP contribution in [0.4, 0.5) is 0 Å². The van der Waals surface area contributed by atoms with Gasteiger partial charge in [-0.1, -0.05) is 19.0 Å². The molecule has 0 unspecified atom stereocenters. The van der Waals surface area contributed by atoms with Gasteiger partial charge in [-0.05, 0) is 12.0 Å². The molecule has 98 valence electrons. The van der Waals surface area contributed by atoms with Crippen LogP contribution in [-0.4, -0.2) is 19.7 Å². The van der Waals surface area contributed by atoms with Crippen molar-refractivity contribution in [3.05, 3.63) is 30.3 Å². The summed E-state index contributed by atoms with van der Waals surface area (Å²) in [7, 11) is 1.88. The van der Waals surface area contributed by atoms with Crippen molar-refractivity contribution < 1.29 is 8.94 Å². The second-order valence-electron chi connectivity index (χ2n) is 4.64. The maximum atomic E-state index is 5.45. The molecule has 0 N–H and O–H groups in total. The Morgan fingerprint density at radius 3 is 2.84 bits per heavy atom. The first-order valence-corrected chi connectivity index (χ1v) is 6.06. The van der Waals surface area contributed by atoms with Gasteiger partial charge in [0.05, 0.1) is 6.26 Å². The lowest BCUT2D eigenvalue weighted by Gasteiger charge is -2.00. The Bertz CT molecular complexity index is 693. The van der Waals surface area contributed by atoms with E-state index < -0.39 is 0 Å². The molecule has 3 heterocycles. The summed E-state index contributed by atoms with van der Waals surface area (Å²) in [5, 5.41) is 3.95. The number of aryl methyl sites for hydroxylation is 1. The third-order valence-corrected chi connectivity index (χ3v) is 2.96. The highest BCUT2D eigenvalue weighted by Gasteiger charge is 2.20. The van der Waals surface area contributed by atoms with Gasteiger partial charge in [-0.3, -0.25) is 0 Å². The van der Waals surface area contributed by atoms with E-state index in [1.165, 1.54) is 0 Å². The van der Waals surface area contributed by atoms with E-state index in [0.29, 0.717) is 29.2 Å². The minimum atomic E-state index is 0.331. The Morgan fingerprint density at radius 1 is 1.32 bits per heavy atom. The van der Waals surface area contributed by atoms with Gasteiger partial charge in [-0.15, -0.1) is 0 Å². The molecule has 0 bridgehead atoms. The third-order valence-electron chi connectivity index (χ3n) is 2.96. The Hall–Kier alpha value is -2.37. The lowest BCUT2D eigenvalue weighted by atomic mass is 10.0. The van der Waals surface area contributed by atoms with Crippen molar-refractivity contribution in [2.45, 2.75) is 19.8 Å². The van der Waals surface area contributed by atoms with Crippen LogP contribution < -0.4 is 0 Å². The van der Waals surface area contributed by atoms with Gasteiger partial charge in [0.25, 0.3) is 5.89 Å². The van der Waals surface area contributed by atoms with Gasteiger partial charge >= 0.3 is 0 Å². The number of rotatable bonds is 3. The van der Waals surface area contributed by atoms with E-state index in [4.69, 9.17) is 8.94 Å². The van der Waals surface area contributed by atoms with E-state index in [0.717, 1.165) is 5.56 Å². The summed E-state index contributed by atoms with van der Waals surface area (Å²) in [4.78, 5) is 8.53. The quantitative estimate of drug-likeness (QED) is 0.722. The minimum absolute atomic E-state index is 0.331. The van der Waals surface area contributed by atoms with E-state index in [2.05, 4.69) is 29.0 Å². The number of imidazole rings is 1. The first kappa shape index (κ1) is 11.7. The largest absolute Gasteiger partial charge is 0.459 e. The van der Waals surface area contributed by atoms with Gasteiger partial charge in [0.2, 0.25) is 5.82 Å². The summed E-state index contributed by atoms with van der Waals surface area (Å²) in [6, 6.07) is 1.92. The Morgan fingerprint density at radius 2 is 2.16 bits per heavy atom. The molecule has 0 saturated heterocycles. The smallest absolute Gasteiger partial charge is 0.294 e. The molecule has 0 aliphatic rings. The van der Waals surface area contributed by atoms with Gasteiger partial charge in [0, 0.05) is 25.0 Å². The van der Waals surface area contributed by atoms with Crippen LogP contribution in [-0.2, 0) is 7.05 Å². The number of furan rings is 1. The fourth-order valence-corrected chi connectivity index (χ4v) is 1.94. The first-order valence-electron chi connectivity index (χ1n) is 6.06. The van der Waals surface area contributed by atoms with Crippen molar-refractivity contribution in [1.29, 1.82) is 0 Å². The standard InChI is InChI=1S/C13H14N4O2/c1-8(2)9-4-7-18-10(9)13-15-11(16-19-13)12-14-5-6-17(12)3/h4-8H,1-3H3. The lowest BCUT2D eigenvalue weighted by Crippen LogP contribution is -1.93. The SMILES string of the molecule is CC(C)c1ccoc1-c1nc(-c2nccn2C)no1. The highest BCUT2D eigenvalue weighted by Crippen LogP contribution is 2.30. The van der Waals surface area contributed by atoms with E-state index >= 15 is 0 Å². The van der Waals surface area contributed by atoms with Crippen LogP contribution >= 0.6 is 0 Å². The van der Waals surface area contributed by atoms with E-state index in [-0.39, 0.29) is 0 Å². The van der Waals surface area contributed by atoms with Crippen molar-refractivity contribution in [3.63, 3.8) is 0 Å². The van der Waals surface area contributed by atoms with Crippen molar-refractivity contribution >= 4 is 0 Å². The predicted molar refractivity (Wildman–Crippen MR) is 68.3 cm³/mol. The van der Waals surface area contributed by atoms with Crippen LogP contribution in [0.1, 0.15) is 25.3 Å². The van der Waals surface area contributed by atoms with Crippen LogP contribution in [0, 0.1) is 0 Å². The maximum absolute atomic E-state index is 5.45. The van der Waals surface area contributed by atoms with E-state index in [1.54, 1.807) is 12.5 Å². The number of aromatic nitrogens is 4. The first-order chi connectivity index (χ1) is 9.16. The molecule has 0 aliphatic heterocycles. The summed E-state index contributed by atoms with van der Waals surface area (Å²) in [6.45, 7) is 4.18. The van der Waals surface area contributed by atoms with E-state index in [1.807, 2.05) is 23.9 Å². The normalized spacial score (nSPS) is 11.4. The highest BCUT2D eigenvalue weighted by atomic mass is 16.5. The third kappa shape index (κ3) is 1.95. The summed E-state index contributed by atoms with van der Waals surface area (Å²) in [5.74, 6) is 2.45. The predicted octanol–water partition coefficient (Wildman–Crippen LogP) is 2.85. The number of nitrogens with zero attached hydrogens (tertiary/aromatic N) is 4. The Labute approximate surface area is 110 Å². The second kappa shape index (κ2) is 4.38. The zero-order chi connectivity index (χ0) is 13.4. The second-order valence-corrected chi connectivity index (χ2v) is 4.64. The molecular formula is C13H14N4O2. The molecule has 3 rings (SSSR count). The van der Waals surface area contributed by atoms with Crippen molar-refractivity contribution in [1.82, 2.24) is 19.7 Å². The molecule has 6 heteroatoms. The molecule has 19 heavy (non-hydrogen) atoms. The van der Waals surface area contributed by atoms with Gasteiger partial charge in [-0.2, -0.15) is 4.98 Å². The lowest BCUT2D eigenvalue weighted by molar-refractivity contribution is 0.415. The topological polar surface area (TPSA) is 69.9 Å². The van der Waals surface area contributed by atoms with Crippen LogP contribution in [0.5, 0.6) is 0 Å². The molecule has 3 aromatic rings. The summed E-state index contributed by atoms with van der Waals surface area (Å²) in [5.41, 5.74) is 1.05. The average molecular weight is 258 g/mol. The fourth-order valence-electron chi connectivity index (χ4n) is 1.94. The molecule has 0 radical (unpaired) electrons. The number of hydrogen-bond acceptors (Lipinski definition) is 5. The molecule has 0 aliphatic carbocycles. The summed E-state index contributed by atoms with van der Waals surface area (Å²) in [6.07, 6.45) is 5.16. The molecule has 0 aromatic carbocycles. The number of hydrogen-bond donors (Lipinski definition) is 0. The molecule has 3 aromatic heterocycles. The Kier molecular flexibility index (Phi) is 2.70. The molecule has 0 spiro atoms. The zero-order valence-electron chi connectivity index (χ0n) is 11.0. The molecule has 0 saturated carbocycles. The fraction of sp³-hybridized carbons (Fsp3) is 0.308. The van der Waals surface area contributed by atoms with Crippen molar-refractivity contribution in [2.75, 3.05) is 0 Å². The molecular weight excluding hydrogens is 244 g/mol. The van der Waals surface area contributed by atoms with Gasteiger partial charge < -0.3 is 13.5 Å². The van der Waals surface area contributed by atoms with Gasteiger partial charge in [-0.25, -0.2) is 4.98 Å². The van der Waals surface area contributed by atoms with Crippen LogP contribution in [0.3, 0.4) is 0 Å². The average Bonchev–Trinajstić information content (AvgIpc) is 3.06. The maximum Gasteiger partial charge on any atom is 0.294 e. The highest BCUT2D eigenvalue weighted by molar-refractivity contribution is 5.55. The van der Waals surface area contributed by atoms with Crippen molar-refractivity contribution in [3.8, 4) is 23.3 Å².